The number of H-pyrrole nitrogens is 1. The zero-order valence-corrected chi connectivity index (χ0v) is 12.9. The second-order valence-electron chi connectivity index (χ2n) is 5.74. The van der Waals surface area contributed by atoms with Gasteiger partial charge in [0.05, 0.1) is 19.0 Å². The number of rotatable bonds is 5. The molecule has 1 N–H and O–H groups in total. The van der Waals surface area contributed by atoms with Gasteiger partial charge in [-0.25, -0.2) is 14.4 Å². The summed E-state index contributed by atoms with van der Waals surface area (Å²) in [5, 5.41) is 6.61. The van der Waals surface area contributed by atoms with Gasteiger partial charge in [0, 0.05) is 38.1 Å². The van der Waals surface area contributed by atoms with Crippen LogP contribution in [0.15, 0.2) is 30.9 Å². The first-order chi connectivity index (χ1) is 11.1. The van der Waals surface area contributed by atoms with E-state index in [1.54, 1.807) is 36.5 Å². The fourth-order valence-corrected chi connectivity index (χ4v) is 2.87. The van der Waals surface area contributed by atoms with E-state index in [9.17, 15) is 9.18 Å². The largest absolute Gasteiger partial charge is 0.349 e. The predicted octanol–water partition coefficient (Wildman–Crippen LogP) is 0.818. The molecule has 1 aliphatic heterocycles. The zero-order valence-electron chi connectivity index (χ0n) is 12.9. The van der Waals surface area contributed by atoms with Crippen LogP contribution in [0.5, 0.6) is 0 Å². The Morgan fingerprint density at radius 2 is 2.35 bits per heavy atom. The molecule has 3 heterocycles. The van der Waals surface area contributed by atoms with E-state index in [2.05, 4.69) is 20.2 Å². The predicted molar refractivity (Wildman–Crippen MR) is 82.6 cm³/mol. The zero-order chi connectivity index (χ0) is 16.2. The lowest BCUT2D eigenvalue weighted by molar-refractivity contribution is -0.129. The summed E-state index contributed by atoms with van der Waals surface area (Å²) >= 11 is 0. The Balaban J connectivity index is 1.64. The van der Waals surface area contributed by atoms with Crippen LogP contribution in [0.1, 0.15) is 12.1 Å². The number of nitrogens with zero attached hydrogens (tertiary/aromatic N) is 5. The Labute approximate surface area is 133 Å². The highest BCUT2D eigenvalue weighted by Gasteiger charge is 2.34. The first-order valence-corrected chi connectivity index (χ1v) is 7.52. The second kappa shape index (κ2) is 6.72. The van der Waals surface area contributed by atoms with Gasteiger partial charge >= 0.3 is 0 Å². The van der Waals surface area contributed by atoms with Gasteiger partial charge in [0.25, 0.3) is 0 Å². The summed E-state index contributed by atoms with van der Waals surface area (Å²) in [5.74, 6) is 0.666. The van der Waals surface area contributed by atoms with Gasteiger partial charge in [0.15, 0.2) is 0 Å². The fourth-order valence-electron chi connectivity index (χ4n) is 2.87. The number of carbonyl (C=O) groups is 1. The molecule has 2 atom stereocenters. The van der Waals surface area contributed by atoms with Crippen LogP contribution in [0.25, 0.3) is 0 Å². The molecule has 0 bridgehead atoms. The number of anilines is 1. The van der Waals surface area contributed by atoms with Gasteiger partial charge in [-0.15, -0.1) is 0 Å². The van der Waals surface area contributed by atoms with Crippen LogP contribution in [0.2, 0.25) is 0 Å². The van der Waals surface area contributed by atoms with Crippen molar-refractivity contribution in [3.05, 3.63) is 36.5 Å². The summed E-state index contributed by atoms with van der Waals surface area (Å²) in [6.45, 7) is 0.752. The molecular formula is C15H19FN6O. The van der Waals surface area contributed by atoms with Crippen molar-refractivity contribution >= 4 is 11.7 Å². The smallest absolute Gasteiger partial charge is 0.228 e. The van der Waals surface area contributed by atoms with E-state index in [1.807, 2.05) is 4.90 Å². The molecule has 122 valence electrons. The van der Waals surface area contributed by atoms with Gasteiger partial charge in [0.1, 0.15) is 18.3 Å². The Bertz CT molecular complexity index is 635. The average Bonchev–Trinajstić information content (AvgIpc) is 3.18. The number of hydrogen-bond acceptors (Lipinski definition) is 5. The summed E-state index contributed by atoms with van der Waals surface area (Å²) in [6, 6.07) is 3.44. The van der Waals surface area contributed by atoms with E-state index < -0.39 is 6.17 Å². The quantitative estimate of drug-likeness (QED) is 0.883. The molecule has 1 aliphatic rings. The molecule has 0 radical (unpaired) electrons. The molecule has 2 aromatic rings. The number of nitrogens with one attached hydrogen (secondary N) is 1. The van der Waals surface area contributed by atoms with Crippen molar-refractivity contribution in [1.82, 2.24) is 25.1 Å². The molecule has 0 unspecified atom stereocenters. The number of alkyl halides is 1. The third-order valence-electron chi connectivity index (χ3n) is 4.03. The van der Waals surface area contributed by atoms with Gasteiger partial charge in [-0.05, 0) is 12.1 Å². The lowest BCUT2D eigenvalue weighted by Crippen LogP contribution is -2.42. The van der Waals surface area contributed by atoms with Crippen LogP contribution in [-0.2, 0) is 11.2 Å². The van der Waals surface area contributed by atoms with E-state index in [1.165, 1.54) is 6.33 Å². The van der Waals surface area contributed by atoms with E-state index in [0.717, 1.165) is 5.69 Å². The lowest BCUT2D eigenvalue weighted by atomic mass is 10.2. The maximum absolute atomic E-state index is 13.9. The Kier molecular flexibility index (Phi) is 4.50. The number of aromatic amines is 1. The number of carbonyl (C=O) groups excluding carboxylic acids is 1. The molecule has 2 aromatic heterocycles. The van der Waals surface area contributed by atoms with Crippen LogP contribution in [0.4, 0.5) is 10.2 Å². The summed E-state index contributed by atoms with van der Waals surface area (Å²) in [4.78, 5) is 23.9. The fraction of sp³-hybridized carbons (Fsp3) is 0.467. The molecular weight excluding hydrogens is 299 g/mol. The van der Waals surface area contributed by atoms with Crippen molar-refractivity contribution in [1.29, 1.82) is 0 Å². The number of hydrogen-bond donors (Lipinski definition) is 1. The first kappa shape index (κ1) is 15.4. The molecule has 1 amide bonds. The van der Waals surface area contributed by atoms with Crippen LogP contribution in [-0.4, -0.2) is 63.3 Å². The van der Waals surface area contributed by atoms with E-state index >= 15 is 0 Å². The van der Waals surface area contributed by atoms with Crippen LogP contribution in [0.3, 0.4) is 0 Å². The minimum Gasteiger partial charge on any atom is -0.349 e. The van der Waals surface area contributed by atoms with Crippen LogP contribution < -0.4 is 4.90 Å². The monoisotopic (exact) mass is 318 g/mol. The minimum absolute atomic E-state index is 0.0285. The molecule has 3 rings (SSSR count). The minimum atomic E-state index is -0.911. The van der Waals surface area contributed by atoms with Gasteiger partial charge in [0.2, 0.25) is 5.91 Å². The van der Waals surface area contributed by atoms with Crippen LogP contribution in [0, 0.1) is 0 Å². The topological polar surface area (TPSA) is 78.0 Å². The SMILES string of the molecule is CN(C[C@@H]1C[C@H](F)CN1c1ccncn1)C(=O)Cc1ccn[nH]1. The first-order valence-electron chi connectivity index (χ1n) is 7.52. The van der Waals surface area contributed by atoms with Crippen molar-refractivity contribution < 1.29 is 9.18 Å². The Morgan fingerprint density at radius 1 is 1.48 bits per heavy atom. The molecule has 7 nitrogen and oxygen atoms in total. The standard InChI is InChI=1S/C15H19FN6O/c1-21(15(23)7-12-2-5-19-20-12)9-13-6-11(16)8-22(13)14-3-4-17-10-18-14/h2-5,10-11,13H,6-9H2,1H3,(H,19,20)/t11-,13-/m0/s1. The second-order valence-corrected chi connectivity index (χ2v) is 5.74. The third kappa shape index (κ3) is 3.64. The summed E-state index contributed by atoms with van der Waals surface area (Å²) in [6.07, 6.45) is 4.44. The van der Waals surface area contributed by atoms with Gasteiger partial charge in [-0.1, -0.05) is 0 Å². The van der Waals surface area contributed by atoms with E-state index in [0.29, 0.717) is 25.3 Å². The molecule has 0 spiro atoms. The number of likely N-dealkylation sites (N-methyl/N-ethyl adjacent to an activating group) is 1. The number of aromatic nitrogens is 4. The normalized spacial score (nSPS) is 20.7. The van der Waals surface area contributed by atoms with E-state index in [4.69, 9.17) is 0 Å². The van der Waals surface area contributed by atoms with Crippen LogP contribution >= 0.6 is 0 Å². The molecule has 23 heavy (non-hydrogen) atoms. The number of halogens is 1. The maximum Gasteiger partial charge on any atom is 0.228 e. The highest BCUT2D eigenvalue weighted by Crippen LogP contribution is 2.25. The molecule has 1 saturated heterocycles. The molecule has 0 aliphatic carbocycles. The average molecular weight is 318 g/mol. The molecule has 1 fully saturated rings. The Hall–Kier alpha value is -2.51. The molecule has 0 aromatic carbocycles. The number of amides is 1. The maximum atomic E-state index is 13.9. The highest BCUT2D eigenvalue weighted by molar-refractivity contribution is 5.78. The summed E-state index contributed by atoms with van der Waals surface area (Å²) in [7, 11) is 1.74. The Morgan fingerprint density at radius 3 is 3.04 bits per heavy atom. The van der Waals surface area contributed by atoms with E-state index in [-0.39, 0.29) is 18.4 Å². The van der Waals surface area contributed by atoms with Gasteiger partial charge in [-0.2, -0.15) is 5.10 Å². The van der Waals surface area contributed by atoms with Gasteiger partial charge < -0.3 is 9.80 Å². The lowest BCUT2D eigenvalue weighted by Gasteiger charge is -2.29. The van der Waals surface area contributed by atoms with Gasteiger partial charge in [-0.3, -0.25) is 9.89 Å². The van der Waals surface area contributed by atoms with Crippen molar-refractivity contribution in [2.45, 2.75) is 25.1 Å². The van der Waals surface area contributed by atoms with Crippen molar-refractivity contribution in [2.75, 3.05) is 25.0 Å². The van der Waals surface area contributed by atoms with Crippen molar-refractivity contribution in [2.24, 2.45) is 0 Å². The van der Waals surface area contributed by atoms with Crippen molar-refractivity contribution in [3.8, 4) is 0 Å². The molecule has 0 saturated carbocycles. The third-order valence-corrected chi connectivity index (χ3v) is 4.03. The summed E-state index contributed by atoms with van der Waals surface area (Å²) < 4.78 is 13.9. The summed E-state index contributed by atoms with van der Waals surface area (Å²) in [5.41, 5.74) is 0.768. The van der Waals surface area contributed by atoms with Crippen molar-refractivity contribution in [3.63, 3.8) is 0 Å². The molecule has 8 heteroatoms. The highest BCUT2D eigenvalue weighted by atomic mass is 19.1.